The third-order valence-corrected chi connectivity index (χ3v) is 9.57. The minimum absolute atomic E-state index is 0.244. The minimum atomic E-state index is -1.77. The first-order valence-corrected chi connectivity index (χ1v) is 18.8. The van der Waals surface area contributed by atoms with Crippen LogP contribution in [0.1, 0.15) is 123 Å². The standard InChI is InChI=1S/C35H67NO13/c1-3-5-7-8-9-10-11-12-13-14-15-16-17-18-24(39)23(36-27(40)19-6-4-2)22-46-34-32(45)30(43)33(26(21-38)48-34)49-35-31(44)29(42)28(41)25(20-37)47-35/h23-26,28-35,37-39,41-45H,3-22H2,1-2H3,(H,36,40). The summed E-state index contributed by atoms with van der Waals surface area (Å²) in [6.45, 7) is 2.55. The second-order valence-electron chi connectivity index (χ2n) is 13.7. The van der Waals surface area contributed by atoms with E-state index in [4.69, 9.17) is 18.9 Å². The van der Waals surface area contributed by atoms with Crippen molar-refractivity contribution in [2.24, 2.45) is 0 Å². The van der Waals surface area contributed by atoms with Crippen molar-refractivity contribution in [3.05, 3.63) is 0 Å². The molecule has 0 spiro atoms. The lowest BCUT2D eigenvalue weighted by atomic mass is 9.97. The molecule has 290 valence electrons. The normalized spacial score (nSPS) is 31.8. The van der Waals surface area contributed by atoms with Crippen LogP contribution < -0.4 is 5.32 Å². The Kier molecular flexibility index (Phi) is 22.6. The lowest BCUT2D eigenvalue weighted by molar-refractivity contribution is -0.359. The Morgan fingerprint density at radius 3 is 1.71 bits per heavy atom. The lowest BCUT2D eigenvalue weighted by Gasteiger charge is -2.46. The van der Waals surface area contributed by atoms with Gasteiger partial charge in [-0.3, -0.25) is 4.79 Å². The maximum absolute atomic E-state index is 12.6. The van der Waals surface area contributed by atoms with Crippen molar-refractivity contribution in [3.63, 3.8) is 0 Å². The van der Waals surface area contributed by atoms with E-state index in [1.165, 1.54) is 57.8 Å². The number of hydrogen-bond acceptors (Lipinski definition) is 13. The van der Waals surface area contributed by atoms with Crippen LogP contribution in [-0.4, -0.2) is 140 Å². The van der Waals surface area contributed by atoms with Crippen LogP contribution in [0.2, 0.25) is 0 Å². The van der Waals surface area contributed by atoms with Crippen molar-refractivity contribution in [1.29, 1.82) is 0 Å². The molecule has 12 atom stereocenters. The topological polar surface area (TPSA) is 228 Å². The van der Waals surface area contributed by atoms with E-state index in [9.17, 15) is 45.6 Å². The molecule has 14 nitrogen and oxygen atoms in total. The molecule has 49 heavy (non-hydrogen) atoms. The summed E-state index contributed by atoms with van der Waals surface area (Å²) in [5.74, 6) is -0.244. The Hall–Kier alpha value is -1.01. The molecule has 0 aromatic heterocycles. The average molecular weight is 710 g/mol. The van der Waals surface area contributed by atoms with Crippen molar-refractivity contribution in [1.82, 2.24) is 5.32 Å². The average Bonchev–Trinajstić information content (AvgIpc) is 3.10. The highest BCUT2D eigenvalue weighted by atomic mass is 16.7. The highest BCUT2D eigenvalue weighted by molar-refractivity contribution is 5.76. The molecule has 2 aliphatic heterocycles. The molecule has 0 saturated carbocycles. The smallest absolute Gasteiger partial charge is 0.220 e. The van der Waals surface area contributed by atoms with E-state index in [1.807, 2.05) is 6.92 Å². The van der Waals surface area contributed by atoms with Gasteiger partial charge in [-0.05, 0) is 12.8 Å². The molecule has 0 radical (unpaired) electrons. The number of aliphatic hydroxyl groups excluding tert-OH is 8. The molecule has 0 aromatic carbocycles. The Labute approximate surface area is 292 Å². The Bertz CT molecular complexity index is 852. The minimum Gasteiger partial charge on any atom is -0.394 e. The van der Waals surface area contributed by atoms with E-state index >= 15 is 0 Å². The molecule has 2 heterocycles. The van der Waals surface area contributed by atoms with Crippen LogP contribution in [0.25, 0.3) is 0 Å². The van der Waals surface area contributed by atoms with Crippen molar-refractivity contribution in [3.8, 4) is 0 Å². The van der Waals surface area contributed by atoms with Gasteiger partial charge in [0.05, 0.1) is 32.0 Å². The number of hydrogen-bond donors (Lipinski definition) is 9. The van der Waals surface area contributed by atoms with Crippen LogP contribution in [0.15, 0.2) is 0 Å². The van der Waals surface area contributed by atoms with Gasteiger partial charge in [-0.1, -0.05) is 104 Å². The molecule has 0 aliphatic carbocycles. The van der Waals surface area contributed by atoms with Gasteiger partial charge in [-0.15, -0.1) is 0 Å². The lowest BCUT2D eigenvalue weighted by Crippen LogP contribution is -2.65. The summed E-state index contributed by atoms with van der Waals surface area (Å²) in [5, 5.41) is 85.5. The molecule has 0 bridgehead atoms. The Balaban J connectivity index is 1.86. The van der Waals surface area contributed by atoms with Crippen LogP contribution in [0.3, 0.4) is 0 Å². The van der Waals surface area contributed by atoms with Gasteiger partial charge in [0, 0.05) is 6.42 Å². The van der Waals surface area contributed by atoms with Crippen LogP contribution in [0.4, 0.5) is 0 Å². The maximum Gasteiger partial charge on any atom is 0.220 e. The maximum atomic E-state index is 12.6. The van der Waals surface area contributed by atoms with Crippen LogP contribution in [0, 0.1) is 0 Å². The second-order valence-corrected chi connectivity index (χ2v) is 13.7. The fourth-order valence-corrected chi connectivity index (χ4v) is 6.33. The summed E-state index contributed by atoms with van der Waals surface area (Å²) < 4.78 is 22.4. The Morgan fingerprint density at radius 1 is 0.653 bits per heavy atom. The van der Waals surface area contributed by atoms with Crippen molar-refractivity contribution >= 4 is 5.91 Å². The Morgan fingerprint density at radius 2 is 1.16 bits per heavy atom. The fraction of sp³-hybridized carbons (Fsp3) is 0.971. The van der Waals surface area contributed by atoms with E-state index in [0.29, 0.717) is 12.8 Å². The van der Waals surface area contributed by atoms with E-state index in [-0.39, 0.29) is 18.9 Å². The van der Waals surface area contributed by atoms with E-state index in [1.54, 1.807) is 0 Å². The van der Waals surface area contributed by atoms with Gasteiger partial charge in [-0.2, -0.15) is 0 Å². The third kappa shape index (κ3) is 15.2. The van der Waals surface area contributed by atoms with Gasteiger partial charge >= 0.3 is 0 Å². The number of amides is 1. The fourth-order valence-electron chi connectivity index (χ4n) is 6.33. The summed E-state index contributed by atoms with van der Waals surface area (Å²) in [7, 11) is 0. The quantitative estimate of drug-likeness (QED) is 0.0575. The number of ether oxygens (including phenoxy) is 4. The molecule has 9 N–H and O–H groups in total. The highest BCUT2D eigenvalue weighted by Crippen LogP contribution is 2.30. The highest BCUT2D eigenvalue weighted by Gasteiger charge is 2.50. The first-order chi connectivity index (χ1) is 23.6. The van der Waals surface area contributed by atoms with E-state index in [0.717, 1.165) is 32.1 Å². The third-order valence-electron chi connectivity index (χ3n) is 9.57. The summed E-state index contributed by atoms with van der Waals surface area (Å²) in [6.07, 6.45) is 1.19. The van der Waals surface area contributed by atoms with Crippen LogP contribution >= 0.6 is 0 Å². The second kappa shape index (κ2) is 25.0. The van der Waals surface area contributed by atoms with E-state index in [2.05, 4.69) is 12.2 Å². The molecule has 14 heteroatoms. The molecular weight excluding hydrogens is 642 g/mol. The summed E-state index contributed by atoms with van der Waals surface area (Å²) in [5.41, 5.74) is 0. The van der Waals surface area contributed by atoms with Crippen molar-refractivity contribution in [2.75, 3.05) is 19.8 Å². The molecule has 1 amide bonds. The molecule has 12 unspecified atom stereocenters. The first-order valence-electron chi connectivity index (χ1n) is 18.8. The van der Waals surface area contributed by atoms with Gasteiger partial charge < -0.3 is 65.1 Å². The van der Waals surface area contributed by atoms with Gasteiger partial charge in [0.25, 0.3) is 0 Å². The number of aliphatic hydroxyl groups is 8. The van der Waals surface area contributed by atoms with Gasteiger partial charge in [0.1, 0.15) is 48.8 Å². The zero-order valence-corrected chi connectivity index (χ0v) is 29.7. The van der Waals surface area contributed by atoms with E-state index < -0.39 is 86.8 Å². The van der Waals surface area contributed by atoms with Crippen molar-refractivity contribution < 1.29 is 64.6 Å². The SMILES string of the molecule is CCCCCCCCCCCCCCCC(O)C(COC1OC(CO)C(OC2OC(CO)C(O)C(O)C2O)C(O)C1O)NC(=O)CCCC. The monoisotopic (exact) mass is 709 g/mol. The molecule has 2 rings (SSSR count). The molecular formula is C35H67NO13. The molecule has 2 fully saturated rings. The number of nitrogens with one attached hydrogen (secondary N) is 1. The van der Waals surface area contributed by atoms with Crippen molar-refractivity contribution in [2.45, 2.75) is 197 Å². The van der Waals surface area contributed by atoms with Gasteiger partial charge in [0.2, 0.25) is 5.91 Å². The zero-order valence-electron chi connectivity index (χ0n) is 29.7. The molecule has 0 aromatic rings. The summed E-state index contributed by atoms with van der Waals surface area (Å²) >= 11 is 0. The number of carbonyl (C=O) groups excluding carboxylic acids is 1. The first kappa shape index (κ1) is 44.2. The molecule has 2 aliphatic rings. The van der Waals surface area contributed by atoms with Crippen LogP contribution in [0.5, 0.6) is 0 Å². The number of carbonyl (C=O) groups is 1. The summed E-state index contributed by atoms with van der Waals surface area (Å²) in [4.78, 5) is 12.6. The van der Waals surface area contributed by atoms with Gasteiger partial charge in [0.15, 0.2) is 12.6 Å². The number of unbranched alkanes of at least 4 members (excludes halogenated alkanes) is 13. The largest absolute Gasteiger partial charge is 0.394 e. The van der Waals surface area contributed by atoms with Gasteiger partial charge in [-0.25, -0.2) is 0 Å². The molecule has 2 saturated heterocycles. The predicted molar refractivity (Wildman–Crippen MR) is 180 cm³/mol. The van der Waals surface area contributed by atoms with Crippen LogP contribution in [-0.2, 0) is 23.7 Å². The zero-order chi connectivity index (χ0) is 36.2. The summed E-state index contributed by atoms with van der Waals surface area (Å²) in [6, 6.07) is -0.815. The predicted octanol–water partition coefficient (Wildman–Crippen LogP) is 1.14. The number of rotatable bonds is 26.